The first-order valence-corrected chi connectivity index (χ1v) is 4.28. The summed E-state index contributed by atoms with van der Waals surface area (Å²) in [5, 5.41) is 0. The van der Waals surface area contributed by atoms with Gasteiger partial charge in [0.2, 0.25) is 0 Å². The van der Waals surface area contributed by atoms with Gasteiger partial charge in [0, 0.05) is 0 Å². The molecule has 5 nitrogen and oxygen atoms in total. The number of hydrogen-bond donors (Lipinski definition) is 3. The summed E-state index contributed by atoms with van der Waals surface area (Å²) in [4.78, 5) is 16.4. The van der Waals surface area contributed by atoms with Crippen molar-refractivity contribution >= 4 is 7.82 Å². The van der Waals surface area contributed by atoms with E-state index in [4.69, 9.17) is 9.79 Å². The smallest absolute Gasteiger partial charge is 0.344 e. The van der Waals surface area contributed by atoms with E-state index in [1.54, 1.807) is 6.08 Å². The summed E-state index contributed by atoms with van der Waals surface area (Å²) in [7, 11) is -4.27. The van der Waals surface area contributed by atoms with E-state index in [1.165, 1.54) is 0 Å². The standard InChI is InChI=1S/C5H11O4P.H3N/c1-5(2)3-4-9-10(6,7)8;/h3H,4H2,1-2H3,(H2,6,7,8);1H3. The maximum absolute atomic E-state index is 10.1. The molecule has 0 unspecified atom stereocenters. The van der Waals surface area contributed by atoms with Gasteiger partial charge in [-0.3, -0.25) is 4.52 Å². The highest BCUT2D eigenvalue weighted by Crippen LogP contribution is 2.35. The zero-order valence-corrected chi connectivity index (χ0v) is 7.54. The highest BCUT2D eigenvalue weighted by Gasteiger charge is 2.11. The van der Waals surface area contributed by atoms with Gasteiger partial charge >= 0.3 is 7.82 Å². The van der Waals surface area contributed by atoms with E-state index in [0.29, 0.717) is 0 Å². The average Bonchev–Trinajstić information content (AvgIpc) is 1.59. The van der Waals surface area contributed by atoms with Crippen molar-refractivity contribution in [2.75, 3.05) is 6.61 Å². The van der Waals surface area contributed by atoms with E-state index in [1.807, 2.05) is 13.8 Å². The van der Waals surface area contributed by atoms with Crippen molar-refractivity contribution in [1.29, 1.82) is 0 Å². The van der Waals surface area contributed by atoms with Crippen LogP contribution in [0.2, 0.25) is 0 Å². The summed E-state index contributed by atoms with van der Waals surface area (Å²) in [5.41, 5.74) is 0.966. The number of rotatable bonds is 3. The number of allylic oxidation sites excluding steroid dienone is 1. The lowest BCUT2D eigenvalue weighted by atomic mass is 10.3. The van der Waals surface area contributed by atoms with Crippen LogP contribution in [0.15, 0.2) is 11.6 Å². The van der Waals surface area contributed by atoms with Crippen molar-refractivity contribution in [2.45, 2.75) is 13.8 Å². The third-order valence-electron chi connectivity index (χ3n) is 0.734. The predicted octanol–water partition coefficient (Wildman–Crippen LogP) is 1.22. The first kappa shape index (κ1) is 13.4. The molecule has 0 aromatic heterocycles. The minimum Gasteiger partial charge on any atom is -0.344 e. The van der Waals surface area contributed by atoms with Crippen LogP contribution in [0, 0.1) is 0 Å². The minimum absolute atomic E-state index is 0. The molecule has 0 radical (unpaired) electrons. The van der Waals surface area contributed by atoms with Gasteiger partial charge in [-0.05, 0) is 13.8 Å². The second kappa shape index (κ2) is 5.46. The fourth-order valence-corrected chi connectivity index (χ4v) is 0.570. The molecule has 0 saturated heterocycles. The van der Waals surface area contributed by atoms with Crippen LogP contribution in [0.1, 0.15) is 13.8 Å². The van der Waals surface area contributed by atoms with E-state index < -0.39 is 7.82 Å². The fraction of sp³-hybridized carbons (Fsp3) is 0.600. The lowest BCUT2D eigenvalue weighted by Gasteiger charge is -2.00. The largest absolute Gasteiger partial charge is 0.469 e. The molecule has 0 heterocycles. The van der Waals surface area contributed by atoms with Gasteiger partial charge in [0.25, 0.3) is 0 Å². The van der Waals surface area contributed by atoms with Crippen molar-refractivity contribution < 1.29 is 18.9 Å². The minimum atomic E-state index is -4.27. The first-order valence-electron chi connectivity index (χ1n) is 2.75. The molecule has 0 atom stereocenters. The van der Waals surface area contributed by atoms with Crippen molar-refractivity contribution in [2.24, 2.45) is 0 Å². The van der Waals surface area contributed by atoms with Crippen molar-refractivity contribution in [3.63, 3.8) is 0 Å². The average molecular weight is 183 g/mol. The van der Waals surface area contributed by atoms with Crippen LogP contribution in [0.3, 0.4) is 0 Å². The third-order valence-corrected chi connectivity index (χ3v) is 1.22. The SMILES string of the molecule is CC(C)=CCOP(=O)(O)O.N. The molecule has 0 amide bonds. The normalized spacial score (nSPS) is 10.2. The molecule has 11 heavy (non-hydrogen) atoms. The summed E-state index contributed by atoms with van der Waals surface area (Å²) in [6.45, 7) is 3.61. The van der Waals surface area contributed by atoms with Gasteiger partial charge in [0.1, 0.15) is 0 Å². The molecule has 0 bridgehead atoms. The molecule has 0 aliphatic rings. The molecular weight excluding hydrogens is 169 g/mol. The van der Waals surface area contributed by atoms with Crippen LogP contribution in [0.5, 0.6) is 0 Å². The molecular formula is C5H14NO4P. The third kappa shape index (κ3) is 12.9. The molecule has 0 aliphatic heterocycles. The predicted molar refractivity (Wildman–Crippen MR) is 42.4 cm³/mol. The number of phosphoric ester groups is 1. The molecule has 0 aromatic rings. The summed E-state index contributed by atoms with van der Waals surface area (Å²) in [5.74, 6) is 0. The van der Waals surface area contributed by atoms with Crippen LogP contribution in [0.25, 0.3) is 0 Å². The van der Waals surface area contributed by atoms with Gasteiger partial charge in [-0.1, -0.05) is 11.6 Å². The summed E-state index contributed by atoms with van der Waals surface area (Å²) in [6.07, 6.45) is 1.60. The van der Waals surface area contributed by atoms with Crippen molar-refractivity contribution in [3.8, 4) is 0 Å². The molecule has 0 fully saturated rings. The second-order valence-corrected chi connectivity index (χ2v) is 3.31. The maximum Gasteiger partial charge on any atom is 0.469 e. The topological polar surface area (TPSA) is 102 Å². The Hall–Kier alpha value is -0.190. The van der Waals surface area contributed by atoms with Gasteiger partial charge in [-0.2, -0.15) is 0 Å². The summed E-state index contributed by atoms with van der Waals surface area (Å²) in [6, 6.07) is 0. The number of phosphoric acid groups is 1. The quantitative estimate of drug-likeness (QED) is 0.451. The number of hydrogen-bond acceptors (Lipinski definition) is 3. The van der Waals surface area contributed by atoms with E-state index in [-0.39, 0.29) is 12.8 Å². The van der Waals surface area contributed by atoms with Crippen LogP contribution in [0.4, 0.5) is 0 Å². The van der Waals surface area contributed by atoms with Crippen LogP contribution < -0.4 is 6.15 Å². The molecule has 5 N–H and O–H groups in total. The molecule has 0 rings (SSSR count). The summed E-state index contributed by atoms with van der Waals surface area (Å²) >= 11 is 0. The van der Waals surface area contributed by atoms with Gasteiger partial charge in [-0.25, -0.2) is 4.57 Å². The van der Waals surface area contributed by atoms with E-state index in [9.17, 15) is 4.57 Å². The zero-order chi connectivity index (χ0) is 8.20. The Morgan fingerprint density at radius 2 is 2.00 bits per heavy atom. The highest BCUT2D eigenvalue weighted by atomic mass is 31.2. The van der Waals surface area contributed by atoms with Gasteiger partial charge in [0.15, 0.2) is 0 Å². The molecule has 0 aliphatic carbocycles. The van der Waals surface area contributed by atoms with Crippen LogP contribution in [-0.4, -0.2) is 16.4 Å². The second-order valence-electron chi connectivity index (χ2n) is 2.07. The van der Waals surface area contributed by atoms with Crippen molar-refractivity contribution in [1.82, 2.24) is 6.15 Å². The van der Waals surface area contributed by atoms with E-state index in [0.717, 1.165) is 5.57 Å². The maximum atomic E-state index is 10.1. The summed E-state index contributed by atoms with van der Waals surface area (Å²) < 4.78 is 14.2. The molecule has 0 aromatic carbocycles. The van der Waals surface area contributed by atoms with Crippen LogP contribution >= 0.6 is 7.82 Å². The molecule has 6 heteroatoms. The fourth-order valence-electron chi connectivity index (χ4n) is 0.301. The first-order chi connectivity index (χ1) is 4.42. The van der Waals surface area contributed by atoms with Gasteiger partial charge < -0.3 is 15.9 Å². The Balaban J connectivity index is 0. The molecule has 0 saturated carbocycles. The Bertz CT molecular complexity index is 169. The van der Waals surface area contributed by atoms with Gasteiger partial charge in [-0.15, -0.1) is 0 Å². The van der Waals surface area contributed by atoms with Crippen molar-refractivity contribution in [3.05, 3.63) is 11.6 Å². The van der Waals surface area contributed by atoms with Crippen LogP contribution in [-0.2, 0) is 9.09 Å². The Labute approximate surface area is 65.9 Å². The zero-order valence-electron chi connectivity index (χ0n) is 6.65. The lowest BCUT2D eigenvalue weighted by molar-refractivity contribution is 0.215. The molecule has 0 spiro atoms. The Kier molecular flexibility index (Phi) is 6.65. The van der Waals surface area contributed by atoms with Gasteiger partial charge in [0.05, 0.1) is 6.61 Å². The van der Waals surface area contributed by atoms with E-state index in [2.05, 4.69) is 4.52 Å². The van der Waals surface area contributed by atoms with E-state index >= 15 is 0 Å². The Morgan fingerprint density at radius 3 is 2.27 bits per heavy atom. The Morgan fingerprint density at radius 1 is 1.55 bits per heavy atom. The highest BCUT2D eigenvalue weighted by molar-refractivity contribution is 7.46. The lowest BCUT2D eigenvalue weighted by Crippen LogP contribution is -1.88. The monoisotopic (exact) mass is 183 g/mol. The molecule has 68 valence electrons.